The Bertz CT molecular complexity index is 582. The summed E-state index contributed by atoms with van der Waals surface area (Å²) in [5.41, 5.74) is -1.01. The molecule has 0 atom stereocenters. The molecule has 0 N–H and O–H groups in total. The van der Waals surface area contributed by atoms with E-state index < -0.39 is 11.7 Å². The predicted octanol–water partition coefficient (Wildman–Crippen LogP) is 3.86. The molecular formula is C14H14F3NO2. The number of aromatic nitrogens is 1. The van der Waals surface area contributed by atoms with E-state index in [-0.39, 0.29) is 23.3 Å². The Morgan fingerprint density at radius 2 is 1.95 bits per heavy atom. The summed E-state index contributed by atoms with van der Waals surface area (Å²) in [6, 6.07) is 5.13. The lowest BCUT2D eigenvalue weighted by atomic mass is 10.1. The van der Waals surface area contributed by atoms with E-state index in [0.717, 1.165) is 6.07 Å². The highest BCUT2D eigenvalue weighted by molar-refractivity contribution is 5.87. The van der Waals surface area contributed by atoms with Gasteiger partial charge in [-0.05, 0) is 18.2 Å². The van der Waals surface area contributed by atoms with Gasteiger partial charge in [0.1, 0.15) is 12.4 Å². The minimum absolute atomic E-state index is 0.187. The van der Waals surface area contributed by atoms with Gasteiger partial charge in [0.2, 0.25) is 0 Å². The number of benzene rings is 1. The summed E-state index contributed by atoms with van der Waals surface area (Å²) < 4.78 is 43.4. The number of para-hydroxylation sites is 1. The lowest BCUT2D eigenvalue weighted by Crippen LogP contribution is -2.07. The average Bonchev–Trinajstić information content (AvgIpc) is 2.45. The van der Waals surface area contributed by atoms with Gasteiger partial charge in [0.25, 0.3) is 0 Å². The van der Waals surface area contributed by atoms with Crippen molar-refractivity contribution >= 4 is 17.2 Å². The van der Waals surface area contributed by atoms with Gasteiger partial charge in [-0.2, -0.15) is 13.2 Å². The SMILES string of the molecule is CC.O=CCOc1ccnc2c(C(F)(F)F)cccc12. The van der Waals surface area contributed by atoms with Crippen LogP contribution >= 0.6 is 0 Å². The molecule has 0 bridgehead atoms. The Balaban J connectivity index is 0.000000956. The molecule has 2 aromatic rings. The van der Waals surface area contributed by atoms with Gasteiger partial charge in [-0.3, -0.25) is 9.78 Å². The van der Waals surface area contributed by atoms with Gasteiger partial charge in [0.05, 0.1) is 11.1 Å². The van der Waals surface area contributed by atoms with Crippen molar-refractivity contribution in [1.82, 2.24) is 4.98 Å². The number of hydrogen-bond donors (Lipinski definition) is 0. The molecule has 0 fully saturated rings. The topological polar surface area (TPSA) is 39.2 Å². The molecule has 0 saturated heterocycles. The second-order valence-corrected chi connectivity index (χ2v) is 3.49. The van der Waals surface area contributed by atoms with Crippen molar-refractivity contribution in [1.29, 1.82) is 0 Å². The predicted molar refractivity (Wildman–Crippen MR) is 69.7 cm³/mol. The van der Waals surface area contributed by atoms with E-state index >= 15 is 0 Å². The number of fused-ring (bicyclic) bond motifs is 1. The van der Waals surface area contributed by atoms with Crippen LogP contribution in [0.5, 0.6) is 5.75 Å². The molecule has 0 unspecified atom stereocenters. The molecule has 1 aromatic carbocycles. The number of rotatable bonds is 3. The van der Waals surface area contributed by atoms with Gasteiger partial charge in [-0.15, -0.1) is 0 Å². The summed E-state index contributed by atoms with van der Waals surface area (Å²) in [6.45, 7) is 3.79. The van der Waals surface area contributed by atoms with E-state index in [1.165, 1.54) is 24.4 Å². The number of nitrogens with zero attached hydrogens (tertiary/aromatic N) is 1. The number of pyridine rings is 1. The zero-order chi connectivity index (χ0) is 15.2. The molecule has 3 nitrogen and oxygen atoms in total. The molecule has 0 aliphatic heterocycles. The van der Waals surface area contributed by atoms with E-state index in [1.54, 1.807) is 0 Å². The Morgan fingerprint density at radius 3 is 2.55 bits per heavy atom. The van der Waals surface area contributed by atoms with E-state index in [4.69, 9.17) is 4.74 Å². The Hall–Kier alpha value is -2.11. The minimum Gasteiger partial charge on any atom is -0.485 e. The van der Waals surface area contributed by atoms with Crippen LogP contribution in [0.25, 0.3) is 10.9 Å². The standard InChI is InChI=1S/C12H8F3NO2.C2H6/c13-12(14,15)9-3-1-2-8-10(18-7-6-17)4-5-16-11(8)9;1-2/h1-6H,7H2;1-2H3. The van der Waals surface area contributed by atoms with Crippen LogP contribution < -0.4 is 4.74 Å². The zero-order valence-corrected chi connectivity index (χ0v) is 11.1. The molecule has 1 aromatic heterocycles. The highest BCUT2D eigenvalue weighted by atomic mass is 19.4. The van der Waals surface area contributed by atoms with Crippen LogP contribution in [0, 0.1) is 0 Å². The second kappa shape index (κ2) is 6.88. The van der Waals surface area contributed by atoms with E-state index in [1.807, 2.05) is 13.8 Å². The van der Waals surface area contributed by atoms with E-state index in [9.17, 15) is 18.0 Å². The molecule has 0 aliphatic rings. The number of aldehydes is 1. The molecule has 0 saturated carbocycles. The van der Waals surface area contributed by atoms with Gasteiger partial charge >= 0.3 is 6.18 Å². The largest absolute Gasteiger partial charge is 0.485 e. The third-order valence-electron chi connectivity index (χ3n) is 2.34. The first kappa shape index (κ1) is 15.9. The van der Waals surface area contributed by atoms with E-state index in [2.05, 4.69) is 4.98 Å². The van der Waals surface area contributed by atoms with E-state index in [0.29, 0.717) is 6.29 Å². The minimum atomic E-state index is -4.48. The molecule has 0 spiro atoms. The first-order valence-corrected chi connectivity index (χ1v) is 6.05. The fraction of sp³-hybridized carbons (Fsp3) is 0.286. The van der Waals surface area contributed by atoms with Crippen molar-refractivity contribution in [2.75, 3.05) is 6.61 Å². The van der Waals surface area contributed by atoms with Crippen LogP contribution in [0.15, 0.2) is 30.5 Å². The van der Waals surface area contributed by atoms with Gasteiger partial charge in [-0.25, -0.2) is 0 Å². The highest BCUT2D eigenvalue weighted by Gasteiger charge is 2.33. The molecule has 0 aliphatic carbocycles. The number of ether oxygens (including phenoxy) is 1. The monoisotopic (exact) mass is 285 g/mol. The maximum atomic E-state index is 12.8. The van der Waals surface area contributed by atoms with Crippen molar-refractivity contribution in [2.45, 2.75) is 20.0 Å². The number of carbonyl (C=O) groups is 1. The summed E-state index contributed by atoms with van der Waals surface area (Å²) in [6.07, 6.45) is -2.73. The number of hydrogen-bond acceptors (Lipinski definition) is 3. The molecule has 6 heteroatoms. The van der Waals surface area contributed by atoms with Crippen molar-refractivity contribution in [3.63, 3.8) is 0 Å². The number of alkyl halides is 3. The summed E-state index contributed by atoms with van der Waals surface area (Å²) in [7, 11) is 0. The maximum absolute atomic E-state index is 12.8. The van der Waals surface area contributed by atoms with Crippen LogP contribution in [0.4, 0.5) is 13.2 Å². The van der Waals surface area contributed by atoms with Crippen molar-refractivity contribution in [3.8, 4) is 5.75 Å². The fourth-order valence-corrected chi connectivity index (χ4v) is 1.63. The molecule has 108 valence electrons. The summed E-state index contributed by atoms with van der Waals surface area (Å²) in [5, 5.41) is 0.231. The fourth-order valence-electron chi connectivity index (χ4n) is 1.63. The maximum Gasteiger partial charge on any atom is 0.418 e. The summed E-state index contributed by atoms with van der Waals surface area (Å²) in [5.74, 6) is 0.207. The lowest BCUT2D eigenvalue weighted by molar-refractivity contribution is -0.136. The normalized spacial score (nSPS) is 10.7. The third-order valence-corrected chi connectivity index (χ3v) is 2.34. The first-order valence-electron chi connectivity index (χ1n) is 6.05. The van der Waals surface area contributed by atoms with Crippen molar-refractivity contribution in [3.05, 3.63) is 36.0 Å². The lowest BCUT2D eigenvalue weighted by Gasteiger charge is -2.11. The van der Waals surface area contributed by atoms with Crippen LogP contribution in [0.3, 0.4) is 0 Å². The summed E-state index contributed by atoms with van der Waals surface area (Å²) >= 11 is 0. The highest BCUT2D eigenvalue weighted by Crippen LogP contribution is 2.36. The Morgan fingerprint density at radius 1 is 1.25 bits per heavy atom. The summed E-state index contributed by atoms with van der Waals surface area (Å²) in [4.78, 5) is 13.9. The second-order valence-electron chi connectivity index (χ2n) is 3.49. The Kier molecular flexibility index (Phi) is 5.49. The van der Waals surface area contributed by atoms with Crippen LogP contribution in [-0.2, 0) is 11.0 Å². The van der Waals surface area contributed by atoms with Gasteiger partial charge in [0.15, 0.2) is 6.29 Å². The van der Waals surface area contributed by atoms with Gasteiger partial charge < -0.3 is 4.74 Å². The average molecular weight is 285 g/mol. The number of carbonyl (C=O) groups excluding carboxylic acids is 1. The van der Waals surface area contributed by atoms with Crippen molar-refractivity contribution < 1.29 is 22.7 Å². The van der Waals surface area contributed by atoms with Gasteiger partial charge in [0, 0.05) is 11.6 Å². The van der Waals surface area contributed by atoms with Crippen LogP contribution in [-0.4, -0.2) is 17.9 Å². The molecule has 20 heavy (non-hydrogen) atoms. The quantitative estimate of drug-likeness (QED) is 0.804. The Labute approximate surface area is 114 Å². The van der Waals surface area contributed by atoms with Crippen molar-refractivity contribution in [2.24, 2.45) is 0 Å². The van der Waals surface area contributed by atoms with Crippen LogP contribution in [0.2, 0.25) is 0 Å². The third kappa shape index (κ3) is 3.46. The molecular weight excluding hydrogens is 271 g/mol. The molecule has 0 amide bonds. The first-order chi connectivity index (χ1) is 9.54. The molecule has 0 radical (unpaired) electrons. The smallest absolute Gasteiger partial charge is 0.418 e. The van der Waals surface area contributed by atoms with Gasteiger partial charge in [-0.1, -0.05) is 19.9 Å². The van der Waals surface area contributed by atoms with Crippen LogP contribution in [0.1, 0.15) is 19.4 Å². The number of halogens is 3. The molecule has 2 rings (SSSR count). The molecule has 1 heterocycles. The zero-order valence-electron chi connectivity index (χ0n) is 11.1.